The van der Waals surface area contributed by atoms with Crippen molar-refractivity contribution < 1.29 is 4.79 Å². The molecule has 0 spiro atoms. The number of amides is 1. The van der Waals surface area contributed by atoms with E-state index in [1.165, 1.54) is 17.4 Å². The number of nitrogens with zero attached hydrogens (tertiary/aromatic N) is 3. The summed E-state index contributed by atoms with van der Waals surface area (Å²) in [6.07, 6.45) is 8.34. The zero-order valence-corrected chi connectivity index (χ0v) is 11.8. The van der Waals surface area contributed by atoms with Crippen LogP contribution in [0.2, 0.25) is 5.15 Å². The van der Waals surface area contributed by atoms with Gasteiger partial charge in [-0.2, -0.15) is 5.10 Å². The number of hydrogen-bond acceptors (Lipinski definition) is 4. The average molecular weight is 308 g/mol. The van der Waals surface area contributed by atoms with Gasteiger partial charge in [-0.05, 0) is 6.08 Å². The van der Waals surface area contributed by atoms with Crippen LogP contribution in [0.15, 0.2) is 30.0 Å². The smallest absolute Gasteiger partial charge is 0.244 e. The highest BCUT2D eigenvalue weighted by atomic mass is 35.5. The second-order valence-corrected chi connectivity index (χ2v) is 5.23. The van der Waals surface area contributed by atoms with Crippen molar-refractivity contribution in [1.29, 1.82) is 0 Å². The summed E-state index contributed by atoms with van der Waals surface area (Å²) in [5.41, 5.74) is 1.61. The Morgan fingerprint density at radius 2 is 2.50 bits per heavy atom. The van der Waals surface area contributed by atoms with E-state index in [2.05, 4.69) is 20.5 Å². The summed E-state index contributed by atoms with van der Waals surface area (Å²) < 4.78 is 1.84. The third-order valence-corrected chi connectivity index (χ3v) is 3.70. The lowest BCUT2D eigenvalue weighted by Crippen LogP contribution is -2.19. The van der Waals surface area contributed by atoms with Crippen molar-refractivity contribution in [3.63, 3.8) is 0 Å². The Bertz CT molecular complexity index is 758. The van der Waals surface area contributed by atoms with Gasteiger partial charge in [0.15, 0.2) is 10.1 Å². The predicted octanol–water partition coefficient (Wildman–Crippen LogP) is 2.10. The molecule has 3 rings (SSSR count). The molecule has 0 aliphatic carbocycles. The van der Waals surface area contributed by atoms with Crippen molar-refractivity contribution >= 4 is 39.9 Å². The highest BCUT2D eigenvalue weighted by molar-refractivity contribution is 7.15. The van der Waals surface area contributed by atoms with Gasteiger partial charge in [-0.15, -0.1) is 11.3 Å². The van der Waals surface area contributed by atoms with E-state index in [1.54, 1.807) is 18.5 Å². The first-order valence-corrected chi connectivity index (χ1v) is 7.04. The molecule has 1 amide bonds. The maximum Gasteiger partial charge on any atom is 0.244 e. The Kier molecular flexibility index (Phi) is 3.53. The molecule has 8 heteroatoms. The summed E-state index contributed by atoms with van der Waals surface area (Å²) in [5.74, 6) is -0.201. The highest BCUT2D eigenvalue weighted by Gasteiger charge is 2.08. The molecule has 0 saturated carbocycles. The summed E-state index contributed by atoms with van der Waals surface area (Å²) in [6, 6.07) is 0. The zero-order chi connectivity index (χ0) is 13.9. The molecule has 3 aromatic heterocycles. The maximum atomic E-state index is 11.7. The SMILES string of the molecule is O=C(/C=C/c1c(Cl)nc2sccn12)NCc1cn[nH]c1. The number of hydrogen-bond donors (Lipinski definition) is 2. The van der Waals surface area contributed by atoms with Crippen LogP contribution in [0.5, 0.6) is 0 Å². The van der Waals surface area contributed by atoms with Gasteiger partial charge in [0.2, 0.25) is 5.91 Å². The Hall–Kier alpha value is -2.12. The molecule has 102 valence electrons. The predicted molar refractivity (Wildman–Crippen MR) is 77.5 cm³/mol. The lowest BCUT2D eigenvalue weighted by Gasteiger charge is -1.98. The Morgan fingerprint density at radius 3 is 3.30 bits per heavy atom. The number of thiazole rings is 1. The lowest BCUT2D eigenvalue weighted by atomic mass is 10.3. The number of rotatable bonds is 4. The number of fused-ring (bicyclic) bond motifs is 1. The van der Waals surface area contributed by atoms with Crippen molar-refractivity contribution in [3.05, 3.63) is 46.5 Å². The number of H-pyrrole nitrogens is 1. The summed E-state index contributed by atoms with van der Waals surface area (Å²) >= 11 is 7.52. The molecule has 6 nitrogen and oxygen atoms in total. The molecular formula is C12H10ClN5OS. The molecule has 0 aliphatic rings. The van der Waals surface area contributed by atoms with Crippen LogP contribution in [-0.4, -0.2) is 25.5 Å². The molecule has 0 saturated heterocycles. The number of carbonyl (C=O) groups excluding carboxylic acids is 1. The van der Waals surface area contributed by atoms with Gasteiger partial charge in [0, 0.05) is 36.0 Å². The van der Waals surface area contributed by atoms with Crippen molar-refractivity contribution in [1.82, 2.24) is 24.9 Å². The third kappa shape index (κ3) is 2.59. The minimum atomic E-state index is -0.201. The van der Waals surface area contributed by atoms with Crippen molar-refractivity contribution in [2.24, 2.45) is 0 Å². The molecular weight excluding hydrogens is 298 g/mol. The quantitative estimate of drug-likeness (QED) is 0.725. The fraction of sp³-hybridized carbons (Fsp3) is 0.0833. The van der Waals surface area contributed by atoms with Crippen LogP contribution in [0.25, 0.3) is 11.0 Å². The first-order chi connectivity index (χ1) is 9.74. The van der Waals surface area contributed by atoms with Gasteiger partial charge in [0.05, 0.1) is 11.9 Å². The van der Waals surface area contributed by atoms with Crippen molar-refractivity contribution in [2.45, 2.75) is 6.54 Å². The largest absolute Gasteiger partial charge is 0.348 e. The molecule has 3 aromatic rings. The van der Waals surface area contributed by atoms with Crippen LogP contribution >= 0.6 is 22.9 Å². The van der Waals surface area contributed by atoms with Gasteiger partial charge in [0.25, 0.3) is 0 Å². The fourth-order valence-electron chi connectivity index (χ4n) is 1.70. The van der Waals surface area contributed by atoms with E-state index in [9.17, 15) is 4.79 Å². The number of nitrogens with one attached hydrogen (secondary N) is 2. The van der Waals surface area contributed by atoms with E-state index >= 15 is 0 Å². The van der Waals surface area contributed by atoms with Crippen molar-refractivity contribution in [2.75, 3.05) is 0 Å². The first-order valence-electron chi connectivity index (χ1n) is 5.78. The summed E-state index contributed by atoms with van der Waals surface area (Å²) in [4.78, 5) is 16.7. The Balaban J connectivity index is 1.68. The lowest BCUT2D eigenvalue weighted by molar-refractivity contribution is -0.116. The van der Waals surface area contributed by atoms with Gasteiger partial charge in [0.1, 0.15) is 0 Å². The van der Waals surface area contributed by atoms with Crippen LogP contribution in [0.4, 0.5) is 0 Å². The minimum Gasteiger partial charge on any atom is -0.348 e. The van der Waals surface area contributed by atoms with Gasteiger partial charge < -0.3 is 5.32 Å². The van der Waals surface area contributed by atoms with Crippen LogP contribution in [0.3, 0.4) is 0 Å². The molecule has 0 aromatic carbocycles. The van der Waals surface area contributed by atoms with E-state index in [-0.39, 0.29) is 5.91 Å². The molecule has 20 heavy (non-hydrogen) atoms. The number of carbonyl (C=O) groups is 1. The molecule has 0 radical (unpaired) electrons. The van der Waals surface area contributed by atoms with E-state index in [0.717, 1.165) is 10.5 Å². The van der Waals surface area contributed by atoms with E-state index in [1.807, 2.05) is 16.0 Å². The summed E-state index contributed by atoms with van der Waals surface area (Å²) in [6.45, 7) is 0.424. The van der Waals surface area contributed by atoms with Crippen LogP contribution < -0.4 is 5.32 Å². The van der Waals surface area contributed by atoms with Crippen LogP contribution in [0, 0.1) is 0 Å². The van der Waals surface area contributed by atoms with Crippen molar-refractivity contribution in [3.8, 4) is 0 Å². The van der Waals surface area contributed by atoms with E-state index < -0.39 is 0 Å². The average Bonchev–Trinajstić information content (AvgIpc) is 3.11. The molecule has 0 unspecified atom stereocenters. The topological polar surface area (TPSA) is 75.1 Å². The van der Waals surface area contributed by atoms with E-state index in [4.69, 9.17) is 11.6 Å². The number of halogens is 1. The normalized spacial score (nSPS) is 11.4. The molecule has 0 fully saturated rings. The fourth-order valence-corrected chi connectivity index (χ4v) is 2.71. The van der Waals surface area contributed by atoms with E-state index in [0.29, 0.717) is 17.4 Å². The van der Waals surface area contributed by atoms with Crippen LogP contribution in [-0.2, 0) is 11.3 Å². The second-order valence-electron chi connectivity index (χ2n) is 4.00. The monoisotopic (exact) mass is 307 g/mol. The Labute approximate surface area is 123 Å². The van der Waals surface area contributed by atoms with Gasteiger partial charge in [-0.25, -0.2) is 4.98 Å². The Morgan fingerprint density at radius 1 is 1.60 bits per heavy atom. The maximum absolute atomic E-state index is 11.7. The van der Waals surface area contributed by atoms with Gasteiger partial charge in [-0.1, -0.05) is 11.6 Å². The highest BCUT2D eigenvalue weighted by Crippen LogP contribution is 2.22. The van der Waals surface area contributed by atoms with Crippen LogP contribution in [0.1, 0.15) is 11.3 Å². The molecule has 0 aliphatic heterocycles. The minimum absolute atomic E-state index is 0.201. The molecule has 2 N–H and O–H groups in total. The second kappa shape index (κ2) is 5.48. The zero-order valence-electron chi connectivity index (χ0n) is 10.2. The summed E-state index contributed by atoms with van der Waals surface area (Å²) in [7, 11) is 0. The standard InChI is InChI=1S/C12H10ClN5OS/c13-11-9(18-3-4-20-12(18)17-11)1-2-10(19)14-5-8-6-15-16-7-8/h1-4,6-7H,5H2,(H,14,19)(H,15,16)/b2-1+. The first kappa shape index (κ1) is 12.9. The number of aromatic amines is 1. The number of aromatic nitrogens is 4. The van der Waals surface area contributed by atoms with Gasteiger partial charge >= 0.3 is 0 Å². The molecule has 0 atom stereocenters. The number of imidazole rings is 1. The third-order valence-electron chi connectivity index (χ3n) is 2.67. The van der Waals surface area contributed by atoms with Gasteiger partial charge in [-0.3, -0.25) is 14.3 Å². The molecule has 3 heterocycles. The summed E-state index contributed by atoms with van der Waals surface area (Å²) in [5, 5.41) is 11.5. The molecule has 0 bridgehead atoms.